The van der Waals surface area contributed by atoms with Crippen molar-refractivity contribution in [3.8, 4) is 0 Å². The van der Waals surface area contributed by atoms with Crippen LogP contribution in [0.5, 0.6) is 0 Å². The number of hydrogen-bond acceptors (Lipinski definition) is 2. The van der Waals surface area contributed by atoms with Gasteiger partial charge in [0.1, 0.15) is 11.9 Å². The van der Waals surface area contributed by atoms with E-state index in [1.54, 1.807) is 0 Å². The third-order valence-corrected chi connectivity index (χ3v) is 2.88. The van der Waals surface area contributed by atoms with Gasteiger partial charge in [0.25, 0.3) is 0 Å². The smallest absolute Gasteiger partial charge is 0.123 e. The predicted octanol–water partition coefficient (Wildman–Crippen LogP) is 2.51. The highest BCUT2D eigenvalue weighted by atomic mass is 16.3. The Labute approximate surface area is 101 Å². The van der Waals surface area contributed by atoms with Gasteiger partial charge < -0.3 is 9.90 Å². The van der Waals surface area contributed by atoms with Crippen LogP contribution in [0.3, 0.4) is 0 Å². The largest absolute Gasteiger partial charge is 0.380 e. The summed E-state index contributed by atoms with van der Waals surface area (Å²) in [6, 6.07) is 18.5. The van der Waals surface area contributed by atoms with Gasteiger partial charge in [-0.05, 0) is 11.1 Å². The van der Waals surface area contributed by atoms with Gasteiger partial charge in [0.2, 0.25) is 0 Å². The van der Waals surface area contributed by atoms with Crippen LogP contribution in [-0.2, 0) is 10.4 Å². The van der Waals surface area contributed by atoms with Crippen molar-refractivity contribution in [2.75, 3.05) is 0 Å². The van der Waals surface area contributed by atoms with E-state index in [-0.39, 0.29) is 6.42 Å². The standard InChI is InChI=1S/C15H14O2/c16-12-11-15(17,13-7-3-1-4-8-13)14-9-5-2-6-10-14/h1-10,12,17H,11H2. The summed E-state index contributed by atoms with van der Waals surface area (Å²) in [6.07, 6.45) is 0.807. The van der Waals surface area contributed by atoms with Gasteiger partial charge in [-0.2, -0.15) is 0 Å². The lowest BCUT2D eigenvalue weighted by Crippen LogP contribution is -2.27. The fourth-order valence-electron chi connectivity index (χ4n) is 1.95. The van der Waals surface area contributed by atoms with E-state index in [0.717, 1.165) is 17.4 Å². The number of carbonyl (C=O) groups excluding carboxylic acids is 1. The van der Waals surface area contributed by atoms with Crippen LogP contribution in [0.4, 0.5) is 0 Å². The van der Waals surface area contributed by atoms with Crippen molar-refractivity contribution in [3.63, 3.8) is 0 Å². The summed E-state index contributed by atoms with van der Waals surface area (Å²) in [5, 5.41) is 10.7. The molecule has 0 amide bonds. The fraction of sp³-hybridized carbons (Fsp3) is 0.133. The van der Waals surface area contributed by atoms with E-state index < -0.39 is 5.60 Å². The highest BCUT2D eigenvalue weighted by Crippen LogP contribution is 2.31. The van der Waals surface area contributed by atoms with Crippen molar-refractivity contribution in [3.05, 3.63) is 71.8 Å². The van der Waals surface area contributed by atoms with Crippen molar-refractivity contribution in [1.29, 1.82) is 0 Å². The Morgan fingerprint density at radius 1 is 0.882 bits per heavy atom. The van der Waals surface area contributed by atoms with Crippen molar-refractivity contribution in [1.82, 2.24) is 0 Å². The van der Waals surface area contributed by atoms with Gasteiger partial charge >= 0.3 is 0 Å². The molecule has 2 aromatic carbocycles. The van der Waals surface area contributed by atoms with Crippen LogP contribution in [0, 0.1) is 0 Å². The molecule has 17 heavy (non-hydrogen) atoms. The molecule has 0 fully saturated rings. The van der Waals surface area contributed by atoms with E-state index in [2.05, 4.69) is 0 Å². The summed E-state index contributed by atoms with van der Waals surface area (Å²) in [5.41, 5.74) is 0.237. The van der Waals surface area contributed by atoms with Gasteiger partial charge in [0.05, 0.1) is 0 Å². The molecule has 0 aliphatic carbocycles. The molecule has 2 nitrogen and oxygen atoms in total. The Kier molecular flexibility index (Phi) is 3.35. The van der Waals surface area contributed by atoms with Crippen molar-refractivity contribution < 1.29 is 9.90 Å². The third kappa shape index (κ3) is 2.27. The van der Waals surface area contributed by atoms with Gasteiger partial charge in [-0.25, -0.2) is 0 Å². The fourth-order valence-corrected chi connectivity index (χ4v) is 1.95. The molecule has 0 unspecified atom stereocenters. The molecule has 0 radical (unpaired) electrons. The van der Waals surface area contributed by atoms with E-state index >= 15 is 0 Å². The van der Waals surface area contributed by atoms with Crippen molar-refractivity contribution in [2.45, 2.75) is 12.0 Å². The Bertz CT molecular complexity index is 437. The molecule has 0 aliphatic heterocycles. The van der Waals surface area contributed by atoms with E-state index in [9.17, 15) is 9.90 Å². The van der Waals surface area contributed by atoms with Crippen LogP contribution in [0.15, 0.2) is 60.7 Å². The van der Waals surface area contributed by atoms with E-state index in [4.69, 9.17) is 0 Å². The van der Waals surface area contributed by atoms with Gasteiger partial charge in [0, 0.05) is 6.42 Å². The maximum atomic E-state index is 10.8. The molecule has 0 atom stereocenters. The zero-order valence-corrected chi connectivity index (χ0v) is 9.41. The summed E-state index contributed by atoms with van der Waals surface area (Å²) in [7, 11) is 0. The number of aldehydes is 1. The second-order valence-corrected chi connectivity index (χ2v) is 3.96. The molecule has 0 saturated heterocycles. The summed E-state index contributed by atoms with van der Waals surface area (Å²) < 4.78 is 0. The first-order chi connectivity index (χ1) is 8.27. The maximum Gasteiger partial charge on any atom is 0.123 e. The van der Waals surface area contributed by atoms with E-state index in [0.29, 0.717) is 0 Å². The lowest BCUT2D eigenvalue weighted by atomic mass is 9.84. The second kappa shape index (κ2) is 4.93. The molecule has 0 heterocycles. The number of carbonyl (C=O) groups is 1. The van der Waals surface area contributed by atoms with Crippen molar-refractivity contribution in [2.24, 2.45) is 0 Å². The maximum absolute atomic E-state index is 10.8. The lowest BCUT2D eigenvalue weighted by molar-refractivity contribution is -0.111. The molecular formula is C15H14O2. The Hall–Kier alpha value is -1.93. The number of aliphatic hydroxyl groups is 1. The molecule has 0 aromatic heterocycles. The molecule has 0 saturated carbocycles. The molecule has 0 aliphatic rings. The Morgan fingerprint density at radius 3 is 1.65 bits per heavy atom. The van der Waals surface area contributed by atoms with Gasteiger partial charge in [-0.3, -0.25) is 0 Å². The zero-order chi connectivity index (χ0) is 12.1. The summed E-state index contributed by atoms with van der Waals surface area (Å²) in [5.74, 6) is 0. The second-order valence-electron chi connectivity index (χ2n) is 3.96. The topological polar surface area (TPSA) is 37.3 Å². The zero-order valence-electron chi connectivity index (χ0n) is 9.41. The molecule has 86 valence electrons. The molecule has 2 heteroatoms. The van der Waals surface area contributed by atoms with Gasteiger partial charge in [0.15, 0.2) is 0 Å². The SMILES string of the molecule is O=CCC(O)(c1ccccc1)c1ccccc1. The monoisotopic (exact) mass is 226 g/mol. The van der Waals surface area contributed by atoms with Crippen molar-refractivity contribution >= 4 is 6.29 Å². The van der Waals surface area contributed by atoms with Crippen LogP contribution in [0.2, 0.25) is 0 Å². The van der Waals surface area contributed by atoms with Crippen LogP contribution in [-0.4, -0.2) is 11.4 Å². The van der Waals surface area contributed by atoms with Gasteiger partial charge in [-0.15, -0.1) is 0 Å². The third-order valence-electron chi connectivity index (χ3n) is 2.88. The minimum atomic E-state index is -1.23. The molecule has 0 bridgehead atoms. The molecular weight excluding hydrogens is 212 g/mol. The van der Waals surface area contributed by atoms with E-state index in [1.165, 1.54) is 0 Å². The summed E-state index contributed by atoms with van der Waals surface area (Å²) >= 11 is 0. The number of benzene rings is 2. The summed E-state index contributed by atoms with van der Waals surface area (Å²) in [6.45, 7) is 0. The molecule has 2 rings (SSSR count). The van der Waals surface area contributed by atoms with Crippen LogP contribution >= 0.6 is 0 Å². The van der Waals surface area contributed by atoms with Crippen LogP contribution in [0.1, 0.15) is 17.5 Å². The Balaban J connectivity index is 2.50. The quantitative estimate of drug-likeness (QED) is 0.813. The minimum Gasteiger partial charge on any atom is -0.380 e. The lowest BCUT2D eigenvalue weighted by Gasteiger charge is -2.27. The highest BCUT2D eigenvalue weighted by Gasteiger charge is 2.30. The average molecular weight is 226 g/mol. The highest BCUT2D eigenvalue weighted by molar-refractivity contribution is 5.55. The minimum absolute atomic E-state index is 0.0566. The number of rotatable bonds is 4. The molecule has 0 spiro atoms. The van der Waals surface area contributed by atoms with E-state index in [1.807, 2.05) is 60.7 Å². The molecule has 2 aromatic rings. The Morgan fingerprint density at radius 2 is 1.29 bits per heavy atom. The first-order valence-corrected chi connectivity index (χ1v) is 5.54. The average Bonchev–Trinajstić information content (AvgIpc) is 2.41. The first-order valence-electron chi connectivity index (χ1n) is 5.54. The summed E-state index contributed by atoms with van der Waals surface area (Å²) in [4.78, 5) is 10.8. The van der Waals surface area contributed by atoms with Crippen LogP contribution < -0.4 is 0 Å². The normalized spacial score (nSPS) is 11.1. The predicted molar refractivity (Wildman–Crippen MR) is 66.6 cm³/mol. The van der Waals surface area contributed by atoms with Crippen LogP contribution in [0.25, 0.3) is 0 Å². The first kappa shape index (κ1) is 11.6. The number of hydrogen-bond donors (Lipinski definition) is 1. The molecule has 1 N–H and O–H groups in total. The van der Waals surface area contributed by atoms with Gasteiger partial charge in [-0.1, -0.05) is 60.7 Å².